The van der Waals surface area contributed by atoms with E-state index in [-0.39, 0.29) is 24.0 Å². The Labute approximate surface area is 253 Å². The third-order valence-electron chi connectivity index (χ3n) is 7.63. The molecule has 41 heavy (non-hydrogen) atoms. The maximum atomic E-state index is 13.4. The summed E-state index contributed by atoms with van der Waals surface area (Å²) in [5.41, 5.74) is 0.797. The Morgan fingerprint density at radius 1 is 0.854 bits per heavy atom. The molecule has 2 aliphatic rings. The fraction of sp³-hybridized carbons (Fsp3) is 0.483. The number of aromatic nitrogens is 3. The van der Waals surface area contributed by atoms with Gasteiger partial charge in [-0.25, -0.2) is 15.0 Å². The van der Waals surface area contributed by atoms with Crippen LogP contribution < -0.4 is 10.6 Å². The van der Waals surface area contributed by atoms with Crippen molar-refractivity contribution in [1.29, 1.82) is 0 Å². The number of aliphatic hydroxyl groups is 2. The minimum atomic E-state index is -0.601. The van der Waals surface area contributed by atoms with Crippen molar-refractivity contribution in [3.8, 4) is 11.3 Å². The van der Waals surface area contributed by atoms with Gasteiger partial charge in [0.2, 0.25) is 5.95 Å². The molecule has 9 nitrogen and oxygen atoms in total. The summed E-state index contributed by atoms with van der Waals surface area (Å²) in [6.07, 6.45) is 4.67. The average molecular weight is 653 g/mol. The van der Waals surface area contributed by atoms with Gasteiger partial charge >= 0.3 is 0 Å². The van der Waals surface area contributed by atoms with Crippen LogP contribution >= 0.6 is 27.5 Å². The molecule has 5 rings (SSSR count). The molecule has 0 unspecified atom stereocenters. The summed E-state index contributed by atoms with van der Waals surface area (Å²) in [6, 6.07) is 12.4. The lowest BCUT2D eigenvalue weighted by molar-refractivity contribution is -0.00864. The van der Waals surface area contributed by atoms with Crippen LogP contribution in [0.3, 0.4) is 0 Å². The summed E-state index contributed by atoms with van der Waals surface area (Å²) >= 11 is 9.43. The lowest BCUT2D eigenvalue weighted by Crippen LogP contribution is -2.39. The summed E-state index contributed by atoms with van der Waals surface area (Å²) in [6.45, 7) is 4.39. The molecule has 2 aliphatic heterocycles. The molecule has 12 heteroatoms. The largest absolute Gasteiger partial charge is 0.396 e. The highest BCUT2D eigenvalue weighted by Crippen LogP contribution is 2.32. The van der Waals surface area contributed by atoms with Gasteiger partial charge in [0.25, 0.3) is 0 Å². The van der Waals surface area contributed by atoms with E-state index < -0.39 is 5.95 Å². The van der Waals surface area contributed by atoms with Crippen molar-refractivity contribution in [2.75, 3.05) is 63.4 Å². The third kappa shape index (κ3) is 9.04. The average Bonchev–Trinajstić information content (AvgIpc) is 3.02. The summed E-state index contributed by atoms with van der Waals surface area (Å²) in [4.78, 5) is 12.3. The molecule has 4 N–H and O–H groups in total. The smallest absolute Gasteiger partial charge is 0.213 e. The van der Waals surface area contributed by atoms with E-state index >= 15 is 0 Å². The number of anilines is 2. The van der Waals surface area contributed by atoms with E-state index in [1.54, 1.807) is 6.07 Å². The van der Waals surface area contributed by atoms with Gasteiger partial charge in [-0.05, 0) is 65.9 Å². The molecule has 3 aromatic rings. The summed E-state index contributed by atoms with van der Waals surface area (Å²) in [7, 11) is 0. The SMILES string of the molecule is OCC1(CNc2cccc(-c3cc(F)ncc3Cl)n2)CCOCC1.OCC1(CNc2cccc(Br)n2)CCOCC1. The molecule has 0 spiro atoms. The zero-order valence-electron chi connectivity index (χ0n) is 22.8. The van der Waals surface area contributed by atoms with Gasteiger partial charge in [-0.1, -0.05) is 23.7 Å². The summed E-state index contributed by atoms with van der Waals surface area (Å²) in [5, 5.41) is 26.2. The fourth-order valence-corrected chi connectivity index (χ4v) is 5.29. The Balaban J connectivity index is 0.000000201. The number of hydrogen-bond donors (Lipinski definition) is 4. The van der Waals surface area contributed by atoms with Crippen LogP contribution in [0, 0.1) is 16.8 Å². The van der Waals surface area contributed by atoms with Crippen LogP contribution in [0.5, 0.6) is 0 Å². The van der Waals surface area contributed by atoms with Crippen molar-refractivity contribution < 1.29 is 24.1 Å². The second-order valence-electron chi connectivity index (χ2n) is 10.5. The van der Waals surface area contributed by atoms with Crippen molar-refractivity contribution in [3.05, 3.63) is 64.2 Å². The van der Waals surface area contributed by atoms with Crippen molar-refractivity contribution in [2.45, 2.75) is 25.7 Å². The highest BCUT2D eigenvalue weighted by atomic mass is 79.9. The molecule has 0 aromatic carbocycles. The monoisotopic (exact) mass is 651 g/mol. The Bertz CT molecular complexity index is 1260. The molecular formula is C29H36BrClFN5O4. The number of rotatable bonds is 9. The Kier molecular flexibility index (Phi) is 11.7. The highest BCUT2D eigenvalue weighted by Gasteiger charge is 2.32. The van der Waals surface area contributed by atoms with Crippen LogP contribution in [-0.2, 0) is 9.47 Å². The van der Waals surface area contributed by atoms with Gasteiger partial charge in [0, 0.05) is 68.2 Å². The van der Waals surface area contributed by atoms with Gasteiger partial charge in [-0.3, -0.25) is 0 Å². The van der Waals surface area contributed by atoms with Crippen molar-refractivity contribution in [1.82, 2.24) is 15.0 Å². The quantitative estimate of drug-likeness (QED) is 0.232. The predicted molar refractivity (Wildman–Crippen MR) is 160 cm³/mol. The van der Waals surface area contributed by atoms with Crippen molar-refractivity contribution in [2.24, 2.45) is 10.8 Å². The Morgan fingerprint density at radius 3 is 1.93 bits per heavy atom. The first-order valence-corrected chi connectivity index (χ1v) is 14.8. The van der Waals surface area contributed by atoms with E-state index in [9.17, 15) is 14.6 Å². The maximum Gasteiger partial charge on any atom is 0.213 e. The Morgan fingerprint density at radius 2 is 1.39 bits per heavy atom. The second-order valence-corrected chi connectivity index (χ2v) is 11.7. The molecule has 2 fully saturated rings. The maximum absolute atomic E-state index is 13.4. The van der Waals surface area contributed by atoms with Crippen LogP contribution in [0.2, 0.25) is 5.02 Å². The van der Waals surface area contributed by atoms with Gasteiger partial charge in [0.05, 0.1) is 23.9 Å². The normalized spacial score (nSPS) is 17.7. The van der Waals surface area contributed by atoms with Crippen LogP contribution in [0.1, 0.15) is 25.7 Å². The van der Waals surface area contributed by atoms with E-state index in [0.717, 1.165) is 55.9 Å². The number of nitrogens with one attached hydrogen (secondary N) is 2. The predicted octanol–water partition coefficient (Wildman–Crippen LogP) is 5.18. The molecule has 3 aromatic heterocycles. The van der Waals surface area contributed by atoms with Crippen molar-refractivity contribution in [3.63, 3.8) is 0 Å². The number of nitrogens with zero attached hydrogens (tertiary/aromatic N) is 3. The van der Waals surface area contributed by atoms with Gasteiger partial charge in [-0.2, -0.15) is 4.39 Å². The molecule has 0 atom stereocenters. The number of aliphatic hydroxyl groups excluding tert-OH is 2. The number of halogens is 3. The van der Waals surface area contributed by atoms with Crippen LogP contribution in [0.25, 0.3) is 11.3 Å². The first-order chi connectivity index (χ1) is 19.9. The molecule has 0 amide bonds. The zero-order chi connectivity index (χ0) is 29.1. The third-order valence-corrected chi connectivity index (χ3v) is 8.37. The minimum absolute atomic E-state index is 0.0672. The molecule has 0 saturated carbocycles. The number of hydrogen-bond acceptors (Lipinski definition) is 9. The lowest BCUT2D eigenvalue weighted by Gasteiger charge is -2.35. The molecule has 222 valence electrons. The first-order valence-electron chi connectivity index (χ1n) is 13.6. The van der Waals surface area contributed by atoms with Crippen LogP contribution in [-0.4, -0.2) is 77.9 Å². The van der Waals surface area contributed by atoms with Crippen LogP contribution in [0.15, 0.2) is 53.3 Å². The lowest BCUT2D eigenvalue weighted by atomic mass is 9.81. The minimum Gasteiger partial charge on any atom is -0.396 e. The van der Waals surface area contributed by atoms with E-state index in [0.29, 0.717) is 41.9 Å². The molecule has 5 heterocycles. The van der Waals surface area contributed by atoms with Crippen LogP contribution in [0.4, 0.5) is 16.0 Å². The van der Waals surface area contributed by atoms with Gasteiger partial charge < -0.3 is 30.3 Å². The second kappa shape index (κ2) is 15.2. The van der Waals surface area contributed by atoms with E-state index in [1.165, 1.54) is 12.3 Å². The molecule has 0 aliphatic carbocycles. The highest BCUT2D eigenvalue weighted by molar-refractivity contribution is 9.10. The molecule has 0 radical (unpaired) electrons. The van der Waals surface area contributed by atoms with E-state index in [2.05, 4.69) is 41.5 Å². The zero-order valence-corrected chi connectivity index (χ0v) is 25.1. The van der Waals surface area contributed by atoms with Crippen molar-refractivity contribution >= 4 is 39.2 Å². The Hall–Kier alpha value is -2.41. The van der Waals surface area contributed by atoms with Gasteiger partial charge in [0.15, 0.2) is 0 Å². The molecule has 0 bridgehead atoms. The molecule has 2 saturated heterocycles. The van der Waals surface area contributed by atoms with Gasteiger partial charge in [-0.15, -0.1) is 0 Å². The van der Waals surface area contributed by atoms with E-state index in [1.807, 2.05) is 30.3 Å². The number of ether oxygens (including phenoxy) is 2. The van der Waals surface area contributed by atoms with E-state index in [4.69, 9.17) is 21.1 Å². The molecular weight excluding hydrogens is 617 g/mol. The standard InChI is InChI=1S/C17H19ClFN3O2.C12H17BrN2O2/c18-13-9-20-15(19)8-12(13)14-2-1-3-16(22-14)21-10-17(11-23)4-6-24-7-5-17;13-10-2-1-3-11(15-10)14-8-12(9-16)4-6-17-7-5-12/h1-3,8-9,23H,4-7,10-11H2,(H,21,22);1-3,16H,4-9H2,(H,14,15). The number of pyridine rings is 3. The van der Waals surface area contributed by atoms with Gasteiger partial charge in [0.1, 0.15) is 16.2 Å². The summed E-state index contributed by atoms with van der Waals surface area (Å²) < 4.78 is 24.9. The fourth-order valence-electron chi connectivity index (χ4n) is 4.75. The first kappa shape index (κ1) is 31.5. The topological polar surface area (TPSA) is 122 Å². The summed E-state index contributed by atoms with van der Waals surface area (Å²) in [5.74, 6) is 0.884.